The smallest absolute Gasteiger partial charge is 0.304 e. The first-order valence-corrected chi connectivity index (χ1v) is 10.7. The Balaban J connectivity index is 1.70. The lowest BCUT2D eigenvalue weighted by Gasteiger charge is -2.57. The molecule has 0 spiro atoms. The summed E-state index contributed by atoms with van der Waals surface area (Å²) in [5.74, 6) is 4.25. The van der Waals surface area contributed by atoms with Gasteiger partial charge in [0.15, 0.2) is 5.60 Å². The lowest BCUT2D eigenvalue weighted by atomic mass is 9.49. The molecule has 0 heterocycles. The van der Waals surface area contributed by atoms with Crippen LogP contribution in [0.1, 0.15) is 65.2 Å². The molecule has 5 heteroatoms. The summed E-state index contributed by atoms with van der Waals surface area (Å²) in [4.78, 5) is 11.9. The van der Waals surface area contributed by atoms with E-state index in [0.717, 1.165) is 56.9 Å². The SMILES string of the molecule is C#C[C@]1(OC(C)=O)CC[C@H]2[C@@H]3C[C@@H](O)C4=C/C(=N/O)CC[C@@H]4[C@H]3CC[C@@]21CC. The molecule has 0 aliphatic heterocycles. The van der Waals surface area contributed by atoms with E-state index in [0.29, 0.717) is 29.4 Å². The average molecular weight is 386 g/mol. The molecule has 4 rings (SSSR count). The Morgan fingerprint density at radius 1 is 1.36 bits per heavy atom. The van der Waals surface area contributed by atoms with Gasteiger partial charge in [0.1, 0.15) is 0 Å². The van der Waals surface area contributed by atoms with E-state index in [9.17, 15) is 9.90 Å². The maximum absolute atomic E-state index is 11.9. The van der Waals surface area contributed by atoms with Gasteiger partial charge in [-0.2, -0.15) is 0 Å². The van der Waals surface area contributed by atoms with Crippen molar-refractivity contribution in [3.8, 4) is 12.3 Å². The van der Waals surface area contributed by atoms with Gasteiger partial charge in [0.2, 0.25) is 0 Å². The highest BCUT2D eigenvalue weighted by Gasteiger charge is 2.66. The van der Waals surface area contributed by atoms with E-state index >= 15 is 0 Å². The van der Waals surface area contributed by atoms with Gasteiger partial charge in [0.25, 0.3) is 0 Å². The lowest BCUT2D eigenvalue weighted by Crippen LogP contribution is -2.56. The maximum Gasteiger partial charge on any atom is 0.304 e. The fourth-order valence-corrected chi connectivity index (χ4v) is 7.46. The van der Waals surface area contributed by atoms with Gasteiger partial charge < -0.3 is 15.1 Å². The van der Waals surface area contributed by atoms with Gasteiger partial charge in [0, 0.05) is 12.3 Å². The van der Waals surface area contributed by atoms with E-state index in [1.54, 1.807) is 0 Å². The maximum atomic E-state index is 11.9. The van der Waals surface area contributed by atoms with Crippen molar-refractivity contribution in [2.45, 2.75) is 76.9 Å². The molecule has 0 amide bonds. The standard InChI is InChI=1S/C23H31NO4/c1-4-22-10-8-17-16-7-6-15(24-27)12-19(16)21(26)13-18(17)20(22)9-11-23(22,5-2)28-14(3)25/h2,12,16-18,20-21,26-27H,4,6-11,13H2,1,3H3/b24-15+/t16-,17-,18-,20+,21-,22+,23+/m1/s1. The van der Waals surface area contributed by atoms with Crippen molar-refractivity contribution in [1.82, 2.24) is 0 Å². The van der Waals surface area contributed by atoms with E-state index < -0.39 is 11.7 Å². The van der Waals surface area contributed by atoms with Crippen LogP contribution < -0.4 is 0 Å². The van der Waals surface area contributed by atoms with E-state index in [1.807, 2.05) is 6.08 Å². The Hall–Kier alpha value is -1.80. The minimum Gasteiger partial charge on any atom is -0.445 e. The van der Waals surface area contributed by atoms with Crippen LogP contribution in [-0.4, -0.2) is 33.7 Å². The zero-order valence-corrected chi connectivity index (χ0v) is 16.9. The fourth-order valence-electron chi connectivity index (χ4n) is 7.46. The number of hydrogen-bond acceptors (Lipinski definition) is 5. The van der Waals surface area contributed by atoms with Crippen LogP contribution in [0.15, 0.2) is 16.8 Å². The Kier molecular flexibility index (Phi) is 4.82. The number of allylic oxidation sites excluding steroid dienone is 1. The molecule has 0 bridgehead atoms. The molecule has 0 unspecified atom stereocenters. The van der Waals surface area contributed by atoms with Crippen molar-refractivity contribution >= 4 is 11.7 Å². The number of carbonyl (C=O) groups is 1. The Morgan fingerprint density at radius 2 is 2.14 bits per heavy atom. The highest BCUT2D eigenvalue weighted by Crippen LogP contribution is 2.67. The minimum atomic E-state index is -0.812. The predicted octanol–water partition coefficient (Wildman–Crippen LogP) is 3.69. The van der Waals surface area contributed by atoms with Gasteiger partial charge in [0.05, 0.1) is 11.8 Å². The van der Waals surface area contributed by atoms with Crippen molar-refractivity contribution in [2.24, 2.45) is 34.2 Å². The van der Waals surface area contributed by atoms with Crippen molar-refractivity contribution in [3.05, 3.63) is 11.6 Å². The molecular formula is C23H31NO4. The van der Waals surface area contributed by atoms with Crippen LogP contribution in [0.4, 0.5) is 0 Å². The van der Waals surface area contributed by atoms with Gasteiger partial charge in [-0.15, -0.1) is 6.42 Å². The molecule has 3 saturated carbocycles. The second-order valence-electron chi connectivity index (χ2n) is 9.22. The summed E-state index contributed by atoms with van der Waals surface area (Å²) in [6, 6.07) is 0. The third-order valence-corrected chi connectivity index (χ3v) is 8.49. The largest absolute Gasteiger partial charge is 0.445 e. The zero-order chi connectivity index (χ0) is 20.1. The second-order valence-corrected chi connectivity index (χ2v) is 9.22. The summed E-state index contributed by atoms with van der Waals surface area (Å²) in [5, 5.41) is 23.5. The van der Waals surface area contributed by atoms with E-state index in [-0.39, 0.29) is 11.4 Å². The zero-order valence-electron chi connectivity index (χ0n) is 16.9. The minimum absolute atomic E-state index is 0.193. The lowest BCUT2D eigenvalue weighted by molar-refractivity contribution is -0.171. The topological polar surface area (TPSA) is 79.1 Å². The molecule has 152 valence electrons. The summed E-state index contributed by atoms with van der Waals surface area (Å²) < 4.78 is 5.86. The number of ether oxygens (including phenoxy) is 1. The number of terminal acetylenes is 1. The van der Waals surface area contributed by atoms with Crippen LogP contribution in [0.3, 0.4) is 0 Å². The summed E-state index contributed by atoms with van der Waals surface area (Å²) in [7, 11) is 0. The van der Waals surface area contributed by atoms with Crippen molar-refractivity contribution in [1.29, 1.82) is 0 Å². The molecule has 0 aromatic rings. The van der Waals surface area contributed by atoms with Crippen LogP contribution in [-0.2, 0) is 9.53 Å². The number of hydrogen-bond donors (Lipinski definition) is 2. The van der Waals surface area contributed by atoms with Crippen LogP contribution in [0.5, 0.6) is 0 Å². The number of rotatable bonds is 2. The number of oxime groups is 1. The molecular weight excluding hydrogens is 354 g/mol. The van der Waals surface area contributed by atoms with Gasteiger partial charge in [-0.3, -0.25) is 4.79 Å². The Morgan fingerprint density at radius 3 is 2.79 bits per heavy atom. The molecule has 0 aromatic heterocycles. The molecule has 4 aliphatic rings. The van der Waals surface area contributed by atoms with Gasteiger partial charge >= 0.3 is 5.97 Å². The van der Waals surface area contributed by atoms with Gasteiger partial charge in [-0.05, 0) is 86.7 Å². The molecule has 4 aliphatic carbocycles. The molecule has 3 fully saturated rings. The van der Waals surface area contributed by atoms with E-state index in [2.05, 4.69) is 18.0 Å². The highest BCUT2D eigenvalue weighted by atomic mass is 16.6. The van der Waals surface area contributed by atoms with Crippen LogP contribution in [0, 0.1) is 41.4 Å². The summed E-state index contributed by atoms with van der Waals surface area (Å²) >= 11 is 0. The van der Waals surface area contributed by atoms with E-state index in [1.165, 1.54) is 6.92 Å². The first-order valence-electron chi connectivity index (χ1n) is 10.7. The first kappa shape index (κ1) is 19.5. The molecule has 0 aromatic carbocycles. The number of esters is 1. The molecule has 5 nitrogen and oxygen atoms in total. The van der Waals surface area contributed by atoms with Gasteiger partial charge in [-0.1, -0.05) is 18.0 Å². The summed E-state index contributed by atoms with van der Waals surface area (Å²) in [5.41, 5.74) is 0.713. The Bertz CT molecular complexity index is 765. The quantitative estimate of drug-likeness (QED) is 0.329. The normalized spacial score (nSPS) is 46.0. The van der Waals surface area contributed by atoms with Crippen molar-refractivity contribution in [2.75, 3.05) is 0 Å². The molecule has 0 radical (unpaired) electrons. The number of aliphatic hydroxyl groups excluding tert-OH is 1. The van der Waals surface area contributed by atoms with Crippen molar-refractivity contribution < 1.29 is 19.8 Å². The second kappa shape index (κ2) is 6.91. The molecule has 2 N–H and O–H groups in total. The highest BCUT2D eigenvalue weighted by molar-refractivity contribution is 5.96. The van der Waals surface area contributed by atoms with E-state index in [4.69, 9.17) is 16.4 Å². The monoisotopic (exact) mass is 385 g/mol. The Labute approximate surface area is 167 Å². The van der Waals surface area contributed by atoms with Gasteiger partial charge in [-0.25, -0.2) is 0 Å². The first-order chi connectivity index (χ1) is 13.4. The third-order valence-electron chi connectivity index (χ3n) is 8.49. The van der Waals surface area contributed by atoms with Crippen LogP contribution in [0.2, 0.25) is 0 Å². The number of carbonyl (C=O) groups excluding carboxylic acids is 1. The number of nitrogens with zero attached hydrogens (tertiary/aromatic N) is 1. The molecule has 0 saturated heterocycles. The van der Waals surface area contributed by atoms with Crippen LogP contribution in [0.25, 0.3) is 0 Å². The van der Waals surface area contributed by atoms with Crippen molar-refractivity contribution in [3.63, 3.8) is 0 Å². The number of aliphatic hydroxyl groups is 1. The third kappa shape index (κ3) is 2.57. The average Bonchev–Trinajstić information content (AvgIpc) is 3.02. The number of fused-ring (bicyclic) bond motifs is 5. The fraction of sp³-hybridized carbons (Fsp3) is 0.739. The summed E-state index contributed by atoms with van der Waals surface area (Å²) in [6.45, 7) is 3.62. The molecule has 28 heavy (non-hydrogen) atoms. The summed E-state index contributed by atoms with van der Waals surface area (Å²) in [6.07, 6.45) is 14.4. The van der Waals surface area contributed by atoms with Crippen LogP contribution >= 0.6 is 0 Å². The predicted molar refractivity (Wildman–Crippen MR) is 106 cm³/mol. The molecule has 7 atom stereocenters.